The topological polar surface area (TPSA) is 140 Å². The number of imidazole rings is 2. The number of pyridine rings is 1. The lowest BCUT2D eigenvalue weighted by molar-refractivity contribution is 0.490. The smallest absolute Gasteiger partial charge is 0.261 e. The molecule has 0 saturated heterocycles. The Balaban J connectivity index is 0.000000527. The van der Waals surface area contributed by atoms with Crippen LogP contribution in [0.4, 0.5) is 10.3 Å². The number of hydrogen-bond donors (Lipinski definition) is 3. The third kappa shape index (κ3) is 6.04. The first-order valence-corrected chi connectivity index (χ1v) is 13.1. The fourth-order valence-electron chi connectivity index (χ4n) is 3.63. The van der Waals surface area contributed by atoms with Crippen LogP contribution < -0.4 is 5.73 Å². The van der Waals surface area contributed by atoms with Crippen molar-refractivity contribution in [3.8, 4) is 22.6 Å². The average molecular weight is 501 g/mol. The van der Waals surface area contributed by atoms with Crippen molar-refractivity contribution in [2.45, 2.75) is 45.6 Å². The highest BCUT2D eigenvalue weighted by Crippen LogP contribution is 2.35. The predicted octanol–water partition coefficient (Wildman–Crippen LogP) is 4.42. The van der Waals surface area contributed by atoms with E-state index in [0.717, 1.165) is 46.2 Å². The maximum absolute atomic E-state index is 13.5. The summed E-state index contributed by atoms with van der Waals surface area (Å²) in [5, 5.41) is 0. The molecule has 0 radical (unpaired) electrons. The molecule has 3 aromatic heterocycles. The number of halogens is 1. The van der Waals surface area contributed by atoms with E-state index in [4.69, 9.17) is 20.3 Å². The number of nitrogens with zero attached hydrogens (tertiary/aromatic N) is 4. The Kier molecular flexibility index (Phi) is 6.41. The third-order valence-corrected chi connectivity index (χ3v) is 5.55. The summed E-state index contributed by atoms with van der Waals surface area (Å²) in [6, 6.07) is 10.3. The number of rotatable bonds is 4. The second-order valence-corrected chi connectivity index (χ2v) is 11.3. The van der Waals surface area contributed by atoms with Crippen molar-refractivity contribution in [2.24, 2.45) is 5.92 Å². The minimum Gasteiger partial charge on any atom is -0.369 e. The van der Waals surface area contributed by atoms with Crippen molar-refractivity contribution in [1.29, 1.82) is 0 Å². The number of H-pyrrole nitrogens is 1. The fourth-order valence-corrected chi connectivity index (χ4v) is 3.63. The number of nitrogens with two attached hydrogens (primary N) is 1. The zero-order chi connectivity index (χ0) is 25.5. The highest BCUT2D eigenvalue weighted by Gasteiger charge is 2.26. The van der Waals surface area contributed by atoms with Crippen LogP contribution in [0, 0.1) is 11.7 Å². The van der Waals surface area contributed by atoms with Gasteiger partial charge in [-0.2, -0.15) is 8.42 Å². The predicted molar refractivity (Wildman–Crippen MR) is 134 cm³/mol. The minimum absolute atomic E-state index is 0.171. The fraction of sp³-hybridized carbons (Fsp3) is 0.375. The molecule has 0 amide bonds. The Bertz CT molecular complexity index is 1460. The van der Waals surface area contributed by atoms with Crippen LogP contribution in [-0.2, 0) is 22.1 Å². The van der Waals surface area contributed by atoms with Gasteiger partial charge in [0.05, 0.1) is 23.3 Å². The molecule has 0 unspecified atom stereocenters. The Morgan fingerprint density at radius 3 is 2.31 bits per heavy atom. The molecule has 1 aromatic carbocycles. The van der Waals surface area contributed by atoms with Gasteiger partial charge in [-0.15, -0.1) is 0 Å². The summed E-state index contributed by atoms with van der Waals surface area (Å²) in [7, 11) is -3.67. The second-order valence-electron chi connectivity index (χ2n) is 9.86. The molecule has 1 fully saturated rings. The van der Waals surface area contributed by atoms with Crippen LogP contribution in [0.25, 0.3) is 33.8 Å². The summed E-state index contributed by atoms with van der Waals surface area (Å²) in [6.45, 7) is 7.16. The first-order chi connectivity index (χ1) is 16.3. The maximum Gasteiger partial charge on any atom is 0.261 e. The quantitative estimate of drug-likeness (QED) is 0.352. The molecule has 1 saturated carbocycles. The molecule has 186 valence electrons. The summed E-state index contributed by atoms with van der Waals surface area (Å²) in [5.41, 5.74) is 10.7. The Labute approximate surface area is 203 Å². The molecule has 5 rings (SSSR count). The van der Waals surface area contributed by atoms with Gasteiger partial charge in [0.1, 0.15) is 17.2 Å². The normalized spacial score (nSPS) is 14.1. The zero-order valence-electron chi connectivity index (χ0n) is 20.1. The van der Waals surface area contributed by atoms with Gasteiger partial charge in [0.2, 0.25) is 5.95 Å². The van der Waals surface area contributed by atoms with Gasteiger partial charge >= 0.3 is 0 Å². The molecule has 11 heteroatoms. The van der Waals surface area contributed by atoms with Crippen molar-refractivity contribution in [1.82, 2.24) is 24.5 Å². The average Bonchev–Trinajstić information content (AvgIpc) is 3.36. The van der Waals surface area contributed by atoms with E-state index in [1.807, 2.05) is 16.7 Å². The lowest BCUT2D eigenvalue weighted by Crippen LogP contribution is -2.13. The molecular weight excluding hydrogens is 471 g/mol. The number of nitrogen functional groups attached to an aromatic ring is 1. The molecule has 4 N–H and O–H groups in total. The number of aromatic nitrogens is 5. The lowest BCUT2D eigenvalue weighted by Gasteiger charge is -2.14. The van der Waals surface area contributed by atoms with Crippen molar-refractivity contribution in [3.63, 3.8) is 0 Å². The van der Waals surface area contributed by atoms with E-state index in [1.165, 1.54) is 25.0 Å². The molecule has 35 heavy (non-hydrogen) atoms. The first-order valence-electron chi connectivity index (χ1n) is 11.2. The second kappa shape index (κ2) is 9.04. The Morgan fingerprint density at radius 1 is 1.11 bits per heavy atom. The van der Waals surface area contributed by atoms with E-state index in [0.29, 0.717) is 18.1 Å². The molecule has 0 aliphatic heterocycles. The molecule has 0 atom stereocenters. The van der Waals surface area contributed by atoms with E-state index in [1.54, 1.807) is 12.1 Å². The largest absolute Gasteiger partial charge is 0.369 e. The van der Waals surface area contributed by atoms with Crippen LogP contribution in [0.15, 0.2) is 36.4 Å². The van der Waals surface area contributed by atoms with Crippen LogP contribution >= 0.6 is 0 Å². The van der Waals surface area contributed by atoms with E-state index < -0.39 is 10.1 Å². The Morgan fingerprint density at radius 2 is 1.74 bits per heavy atom. The van der Waals surface area contributed by atoms with Crippen LogP contribution in [0.3, 0.4) is 0 Å². The van der Waals surface area contributed by atoms with Crippen LogP contribution in [-0.4, -0.2) is 43.7 Å². The molecule has 1 aliphatic carbocycles. The molecule has 0 bridgehead atoms. The van der Waals surface area contributed by atoms with Gasteiger partial charge < -0.3 is 10.7 Å². The highest BCUT2D eigenvalue weighted by molar-refractivity contribution is 7.85. The lowest BCUT2D eigenvalue weighted by atomic mass is 9.96. The van der Waals surface area contributed by atoms with E-state index in [9.17, 15) is 12.8 Å². The van der Waals surface area contributed by atoms with Gasteiger partial charge in [-0.1, -0.05) is 20.8 Å². The van der Waals surface area contributed by atoms with E-state index >= 15 is 0 Å². The SMILES string of the molecule is CC(C)(C)c1nc(-c2ccc(F)cc2)c(-c2ccc3nc(N)n(CC4CC4)c3n2)[nH]1.CS(=O)(=O)O. The van der Waals surface area contributed by atoms with E-state index in [-0.39, 0.29) is 11.2 Å². The monoisotopic (exact) mass is 500 g/mol. The molecule has 0 spiro atoms. The van der Waals surface area contributed by atoms with Crippen LogP contribution in [0.2, 0.25) is 0 Å². The standard InChI is InChI=1S/C23H25FN6.CH4O3S/c1-23(2,3)21-28-18(14-6-8-15(24)9-7-14)19(29-21)16-10-11-17-20(26-16)30(22(25)27-17)12-13-4-5-13;1-5(2,3)4/h6-11,13H,4-5,12H2,1-3H3,(H2,25,27)(H,28,29);1H3,(H,2,3,4). The van der Waals surface area contributed by atoms with Gasteiger partial charge in [-0.05, 0) is 55.2 Å². The van der Waals surface area contributed by atoms with Gasteiger partial charge in [-0.25, -0.2) is 19.3 Å². The summed E-state index contributed by atoms with van der Waals surface area (Å²) in [6.07, 6.45) is 3.17. The van der Waals surface area contributed by atoms with Gasteiger partial charge in [0.25, 0.3) is 10.1 Å². The van der Waals surface area contributed by atoms with Crippen molar-refractivity contribution in [3.05, 3.63) is 48.0 Å². The molecule has 4 aromatic rings. The molecule has 3 heterocycles. The molecule has 1 aliphatic rings. The molecular formula is C24H29FN6O3S. The highest BCUT2D eigenvalue weighted by atomic mass is 32.2. The summed E-state index contributed by atoms with van der Waals surface area (Å²) >= 11 is 0. The van der Waals surface area contributed by atoms with Crippen LogP contribution in [0.5, 0.6) is 0 Å². The van der Waals surface area contributed by atoms with Gasteiger partial charge in [0, 0.05) is 17.5 Å². The van der Waals surface area contributed by atoms with Crippen molar-refractivity contribution in [2.75, 3.05) is 12.0 Å². The number of anilines is 1. The first kappa shape index (κ1) is 24.8. The summed E-state index contributed by atoms with van der Waals surface area (Å²) in [4.78, 5) is 17.7. The molecule has 9 nitrogen and oxygen atoms in total. The number of hydrogen-bond acceptors (Lipinski definition) is 6. The maximum atomic E-state index is 13.5. The van der Waals surface area contributed by atoms with Crippen molar-refractivity contribution >= 4 is 27.2 Å². The minimum atomic E-state index is -3.67. The zero-order valence-corrected chi connectivity index (χ0v) is 20.9. The summed E-state index contributed by atoms with van der Waals surface area (Å²) in [5.74, 6) is 1.74. The number of benzene rings is 1. The summed E-state index contributed by atoms with van der Waals surface area (Å²) < 4.78 is 41.4. The van der Waals surface area contributed by atoms with Crippen molar-refractivity contribution < 1.29 is 17.4 Å². The van der Waals surface area contributed by atoms with Gasteiger partial charge in [-0.3, -0.25) is 9.12 Å². The van der Waals surface area contributed by atoms with E-state index in [2.05, 4.69) is 30.7 Å². The number of aromatic amines is 1. The Hall–Kier alpha value is -3.31. The van der Waals surface area contributed by atoms with Gasteiger partial charge in [0.15, 0.2) is 5.65 Å². The number of fused-ring (bicyclic) bond motifs is 1. The van der Waals surface area contributed by atoms with Crippen LogP contribution in [0.1, 0.15) is 39.4 Å². The third-order valence-electron chi connectivity index (χ3n) is 5.55. The number of nitrogens with one attached hydrogen (secondary N) is 1.